The SMILES string of the molecule is Cc1cc(C)cc(C(NN)c2cnccc2C)c1. The molecular formula is C15H19N3. The summed E-state index contributed by atoms with van der Waals surface area (Å²) in [6, 6.07) is 8.46. The molecule has 2 rings (SSSR count). The van der Waals surface area contributed by atoms with Crippen molar-refractivity contribution in [3.05, 3.63) is 64.5 Å². The number of hydrazine groups is 1. The lowest BCUT2D eigenvalue weighted by molar-refractivity contribution is 0.630. The van der Waals surface area contributed by atoms with Crippen LogP contribution in [-0.4, -0.2) is 4.98 Å². The van der Waals surface area contributed by atoms with Crippen LogP contribution < -0.4 is 11.3 Å². The van der Waals surface area contributed by atoms with Crippen molar-refractivity contribution in [1.82, 2.24) is 10.4 Å². The fraction of sp³-hybridized carbons (Fsp3) is 0.267. The number of benzene rings is 1. The highest BCUT2D eigenvalue weighted by atomic mass is 15.2. The van der Waals surface area contributed by atoms with E-state index in [4.69, 9.17) is 5.84 Å². The van der Waals surface area contributed by atoms with E-state index in [1.54, 1.807) is 6.20 Å². The fourth-order valence-corrected chi connectivity index (χ4v) is 2.32. The number of hydrogen-bond donors (Lipinski definition) is 2. The van der Waals surface area contributed by atoms with E-state index in [0.717, 1.165) is 5.56 Å². The van der Waals surface area contributed by atoms with Crippen LogP contribution >= 0.6 is 0 Å². The Balaban J connectivity index is 2.48. The van der Waals surface area contributed by atoms with E-state index in [0.29, 0.717) is 0 Å². The summed E-state index contributed by atoms with van der Waals surface area (Å²) in [5.74, 6) is 5.73. The molecule has 0 aliphatic carbocycles. The molecule has 0 saturated carbocycles. The number of rotatable bonds is 3. The molecular weight excluding hydrogens is 222 g/mol. The fourth-order valence-electron chi connectivity index (χ4n) is 2.32. The van der Waals surface area contributed by atoms with Crippen LogP contribution in [0.4, 0.5) is 0 Å². The summed E-state index contributed by atoms with van der Waals surface area (Å²) >= 11 is 0. The van der Waals surface area contributed by atoms with Gasteiger partial charge in [-0.3, -0.25) is 10.8 Å². The third-order valence-electron chi connectivity index (χ3n) is 3.13. The van der Waals surface area contributed by atoms with Crippen LogP contribution in [0.5, 0.6) is 0 Å². The topological polar surface area (TPSA) is 50.9 Å². The van der Waals surface area contributed by atoms with Crippen molar-refractivity contribution < 1.29 is 0 Å². The second-order valence-electron chi connectivity index (χ2n) is 4.75. The van der Waals surface area contributed by atoms with E-state index in [1.807, 2.05) is 12.3 Å². The van der Waals surface area contributed by atoms with Gasteiger partial charge in [0, 0.05) is 12.4 Å². The molecule has 1 unspecified atom stereocenters. The normalized spacial score (nSPS) is 12.4. The van der Waals surface area contributed by atoms with Crippen molar-refractivity contribution in [2.45, 2.75) is 26.8 Å². The van der Waals surface area contributed by atoms with Crippen LogP contribution in [0.25, 0.3) is 0 Å². The summed E-state index contributed by atoms with van der Waals surface area (Å²) in [5, 5.41) is 0. The molecule has 0 fully saturated rings. The molecule has 3 N–H and O–H groups in total. The molecule has 3 heteroatoms. The number of nitrogens with one attached hydrogen (secondary N) is 1. The van der Waals surface area contributed by atoms with Gasteiger partial charge in [-0.25, -0.2) is 5.43 Å². The summed E-state index contributed by atoms with van der Waals surface area (Å²) in [7, 11) is 0. The first-order valence-corrected chi connectivity index (χ1v) is 6.06. The third kappa shape index (κ3) is 2.58. The highest BCUT2D eigenvalue weighted by Gasteiger charge is 2.15. The van der Waals surface area contributed by atoms with Gasteiger partial charge in [-0.1, -0.05) is 29.3 Å². The highest BCUT2D eigenvalue weighted by molar-refractivity contribution is 5.38. The quantitative estimate of drug-likeness (QED) is 0.641. The molecule has 0 spiro atoms. The minimum atomic E-state index is -0.0164. The standard InChI is InChI=1S/C15H19N3/c1-10-6-11(2)8-13(7-10)15(18-16)14-9-17-5-4-12(14)3/h4-9,15,18H,16H2,1-3H3. The molecule has 94 valence electrons. The molecule has 0 radical (unpaired) electrons. The minimum Gasteiger partial charge on any atom is -0.271 e. The Morgan fingerprint density at radius 3 is 2.33 bits per heavy atom. The summed E-state index contributed by atoms with van der Waals surface area (Å²) in [4.78, 5) is 4.19. The Kier molecular flexibility index (Phi) is 3.75. The molecule has 2 aromatic rings. The highest BCUT2D eigenvalue weighted by Crippen LogP contribution is 2.25. The number of nitrogens with zero attached hydrogens (tertiary/aromatic N) is 1. The van der Waals surface area contributed by atoms with Gasteiger partial charge >= 0.3 is 0 Å². The van der Waals surface area contributed by atoms with Crippen molar-refractivity contribution in [3.8, 4) is 0 Å². The molecule has 18 heavy (non-hydrogen) atoms. The predicted octanol–water partition coefficient (Wildman–Crippen LogP) is 2.56. The van der Waals surface area contributed by atoms with Gasteiger partial charge in [-0.2, -0.15) is 0 Å². The zero-order valence-corrected chi connectivity index (χ0v) is 11.1. The van der Waals surface area contributed by atoms with Gasteiger partial charge in [0.1, 0.15) is 0 Å². The Morgan fingerprint density at radius 1 is 1.11 bits per heavy atom. The maximum absolute atomic E-state index is 5.73. The van der Waals surface area contributed by atoms with E-state index < -0.39 is 0 Å². The number of pyridine rings is 1. The van der Waals surface area contributed by atoms with Gasteiger partial charge in [0.25, 0.3) is 0 Å². The molecule has 0 bridgehead atoms. The maximum Gasteiger partial charge on any atom is 0.0727 e. The van der Waals surface area contributed by atoms with E-state index in [2.05, 4.69) is 49.4 Å². The molecule has 0 amide bonds. The van der Waals surface area contributed by atoms with Crippen LogP contribution in [0.2, 0.25) is 0 Å². The molecule has 1 atom stereocenters. The first-order chi connectivity index (χ1) is 8.61. The second kappa shape index (κ2) is 5.29. The zero-order chi connectivity index (χ0) is 13.1. The second-order valence-corrected chi connectivity index (χ2v) is 4.75. The molecule has 1 heterocycles. The van der Waals surface area contributed by atoms with Crippen LogP contribution in [-0.2, 0) is 0 Å². The Labute approximate surface area is 108 Å². The average molecular weight is 241 g/mol. The van der Waals surface area contributed by atoms with Gasteiger partial charge in [0.2, 0.25) is 0 Å². The molecule has 0 saturated heterocycles. The lowest BCUT2D eigenvalue weighted by atomic mass is 9.95. The van der Waals surface area contributed by atoms with Crippen LogP contribution in [0, 0.1) is 20.8 Å². The van der Waals surface area contributed by atoms with E-state index >= 15 is 0 Å². The zero-order valence-electron chi connectivity index (χ0n) is 11.1. The maximum atomic E-state index is 5.73. The minimum absolute atomic E-state index is 0.0164. The van der Waals surface area contributed by atoms with Gasteiger partial charge in [-0.15, -0.1) is 0 Å². The van der Waals surface area contributed by atoms with Crippen molar-refractivity contribution in [3.63, 3.8) is 0 Å². The van der Waals surface area contributed by atoms with Gasteiger partial charge in [0.05, 0.1) is 6.04 Å². The third-order valence-corrected chi connectivity index (χ3v) is 3.13. The molecule has 0 aliphatic rings. The summed E-state index contributed by atoms with van der Waals surface area (Å²) in [5.41, 5.74) is 8.85. The number of aryl methyl sites for hydroxylation is 3. The van der Waals surface area contributed by atoms with Crippen LogP contribution in [0.15, 0.2) is 36.7 Å². The monoisotopic (exact) mass is 241 g/mol. The average Bonchev–Trinajstić information content (AvgIpc) is 2.31. The lowest BCUT2D eigenvalue weighted by Gasteiger charge is -2.19. The Hall–Kier alpha value is -1.71. The first-order valence-electron chi connectivity index (χ1n) is 6.06. The summed E-state index contributed by atoms with van der Waals surface area (Å²) in [6.07, 6.45) is 3.67. The van der Waals surface area contributed by atoms with E-state index in [-0.39, 0.29) is 6.04 Å². The Morgan fingerprint density at radius 2 is 1.78 bits per heavy atom. The van der Waals surface area contributed by atoms with Crippen molar-refractivity contribution in [1.29, 1.82) is 0 Å². The molecule has 1 aromatic heterocycles. The largest absolute Gasteiger partial charge is 0.271 e. The van der Waals surface area contributed by atoms with Crippen molar-refractivity contribution in [2.75, 3.05) is 0 Å². The number of aromatic nitrogens is 1. The summed E-state index contributed by atoms with van der Waals surface area (Å²) < 4.78 is 0. The molecule has 1 aromatic carbocycles. The van der Waals surface area contributed by atoms with Crippen LogP contribution in [0.3, 0.4) is 0 Å². The Bertz CT molecular complexity index is 529. The molecule has 3 nitrogen and oxygen atoms in total. The van der Waals surface area contributed by atoms with Crippen LogP contribution in [0.1, 0.15) is 33.9 Å². The van der Waals surface area contributed by atoms with Gasteiger partial charge in [0.15, 0.2) is 0 Å². The van der Waals surface area contributed by atoms with Gasteiger partial charge in [-0.05, 0) is 43.5 Å². The summed E-state index contributed by atoms with van der Waals surface area (Å²) in [6.45, 7) is 6.27. The molecule has 0 aliphatic heterocycles. The number of nitrogens with two attached hydrogens (primary N) is 1. The van der Waals surface area contributed by atoms with E-state index in [1.165, 1.54) is 22.3 Å². The lowest BCUT2D eigenvalue weighted by Crippen LogP contribution is -2.29. The smallest absolute Gasteiger partial charge is 0.0727 e. The predicted molar refractivity (Wildman–Crippen MR) is 74.1 cm³/mol. The number of hydrogen-bond acceptors (Lipinski definition) is 3. The van der Waals surface area contributed by atoms with Gasteiger partial charge < -0.3 is 0 Å². The van der Waals surface area contributed by atoms with E-state index in [9.17, 15) is 0 Å². The van der Waals surface area contributed by atoms with Crippen molar-refractivity contribution >= 4 is 0 Å². The first kappa shape index (κ1) is 12.7. The van der Waals surface area contributed by atoms with Crippen molar-refractivity contribution in [2.24, 2.45) is 5.84 Å².